The molecule has 2 amide bonds. The fourth-order valence-corrected chi connectivity index (χ4v) is 3.30. The number of esters is 1. The van der Waals surface area contributed by atoms with Gasteiger partial charge < -0.3 is 24.5 Å². The highest BCUT2D eigenvalue weighted by atomic mass is 16.8. The Hall–Kier alpha value is -3.14. The molecule has 188 valence electrons. The van der Waals surface area contributed by atoms with Crippen molar-refractivity contribution in [2.75, 3.05) is 26.7 Å². The van der Waals surface area contributed by atoms with Crippen LogP contribution in [0.5, 0.6) is 0 Å². The molecule has 1 heterocycles. The summed E-state index contributed by atoms with van der Waals surface area (Å²) in [5.74, 6) is -0.912. The van der Waals surface area contributed by atoms with Crippen LogP contribution in [0, 0.1) is 0 Å². The molecule has 0 unspecified atom stereocenters. The first-order valence-electron chi connectivity index (χ1n) is 11.4. The minimum atomic E-state index is -0.850. The van der Waals surface area contributed by atoms with Crippen LogP contribution in [-0.2, 0) is 35.3 Å². The highest BCUT2D eigenvalue weighted by molar-refractivity contribution is 5.83. The number of benzene rings is 1. The largest absolute Gasteiger partial charge is 0.528 e. The Kier molecular flexibility index (Phi) is 10.3. The minimum absolute atomic E-state index is 0.0619. The van der Waals surface area contributed by atoms with Gasteiger partial charge in [0.2, 0.25) is 11.8 Å². The fraction of sp³-hybridized carbons (Fsp3) is 0.583. The number of rotatable bonds is 10. The van der Waals surface area contributed by atoms with Crippen LogP contribution in [0.4, 0.5) is 4.79 Å². The molecule has 0 bridgehead atoms. The van der Waals surface area contributed by atoms with Crippen molar-refractivity contribution in [2.45, 2.75) is 64.7 Å². The van der Waals surface area contributed by atoms with Gasteiger partial charge in [-0.2, -0.15) is 0 Å². The Morgan fingerprint density at radius 2 is 1.82 bits per heavy atom. The van der Waals surface area contributed by atoms with E-state index in [2.05, 4.69) is 5.32 Å². The molecule has 1 aromatic rings. The van der Waals surface area contributed by atoms with Crippen LogP contribution in [0.25, 0.3) is 0 Å². The average Bonchev–Trinajstić information content (AvgIpc) is 3.22. The number of hydrogen-bond donors (Lipinski definition) is 1. The molecule has 1 aromatic carbocycles. The van der Waals surface area contributed by atoms with Crippen molar-refractivity contribution in [3.05, 3.63) is 35.9 Å². The molecule has 1 atom stereocenters. The lowest BCUT2D eigenvalue weighted by Crippen LogP contribution is -2.46. The summed E-state index contributed by atoms with van der Waals surface area (Å²) in [6, 6.07) is 8.73. The van der Waals surface area contributed by atoms with Crippen LogP contribution in [-0.4, -0.2) is 72.2 Å². The minimum Gasteiger partial charge on any atom is -0.461 e. The van der Waals surface area contributed by atoms with Crippen LogP contribution < -0.4 is 5.32 Å². The van der Waals surface area contributed by atoms with Crippen molar-refractivity contribution < 1.29 is 33.5 Å². The number of hydroxylamine groups is 2. The second kappa shape index (κ2) is 12.9. The summed E-state index contributed by atoms with van der Waals surface area (Å²) in [6.45, 7) is 6.17. The van der Waals surface area contributed by atoms with Crippen LogP contribution >= 0.6 is 0 Å². The Labute approximate surface area is 200 Å². The predicted octanol–water partition coefficient (Wildman–Crippen LogP) is 2.42. The van der Waals surface area contributed by atoms with E-state index >= 15 is 0 Å². The van der Waals surface area contributed by atoms with E-state index in [0.29, 0.717) is 19.4 Å². The smallest absolute Gasteiger partial charge is 0.461 e. The summed E-state index contributed by atoms with van der Waals surface area (Å²) >= 11 is 0. The number of ether oxygens (including phenoxy) is 2. The fourth-order valence-electron chi connectivity index (χ4n) is 3.30. The standard InChI is InChI=1S/C24H35N3O7/c1-24(2,3)33-23(31)34-27-15-8-11-19(27)22(30)26(4)16-13-20(28)25-14-12-21(29)32-17-18-9-6-5-7-10-18/h5-7,9-10,19H,8,11-17H2,1-4H3,(H,25,28)/t19-/m0/s1. The third kappa shape index (κ3) is 9.78. The molecule has 34 heavy (non-hydrogen) atoms. The molecule has 1 N–H and O–H groups in total. The van der Waals surface area contributed by atoms with Gasteiger partial charge in [0.1, 0.15) is 18.2 Å². The molecule has 1 aliphatic heterocycles. The second-order valence-electron chi connectivity index (χ2n) is 9.11. The number of likely N-dealkylation sites (N-methyl/N-ethyl adjacent to an activating group) is 1. The van der Waals surface area contributed by atoms with Gasteiger partial charge in [0.25, 0.3) is 0 Å². The number of hydrogen-bond acceptors (Lipinski definition) is 8. The average molecular weight is 478 g/mol. The molecule has 10 heteroatoms. The van der Waals surface area contributed by atoms with E-state index in [1.54, 1.807) is 27.8 Å². The quantitative estimate of drug-likeness (QED) is 0.511. The molecular weight excluding hydrogens is 442 g/mol. The van der Waals surface area contributed by atoms with Gasteiger partial charge in [-0.15, -0.1) is 5.06 Å². The van der Waals surface area contributed by atoms with Crippen molar-refractivity contribution in [1.82, 2.24) is 15.3 Å². The van der Waals surface area contributed by atoms with Gasteiger partial charge in [-0.25, -0.2) is 4.79 Å². The Morgan fingerprint density at radius 1 is 1.12 bits per heavy atom. The number of carbonyl (C=O) groups is 4. The Bertz CT molecular complexity index is 839. The van der Waals surface area contributed by atoms with Crippen LogP contribution in [0.2, 0.25) is 0 Å². The Balaban J connectivity index is 1.66. The Morgan fingerprint density at radius 3 is 2.50 bits per heavy atom. The van der Waals surface area contributed by atoms with Gasteiger partial charge in [-0.05, 0) is 39.2 Å². The zero-order valence-electron chi connectivity index (χ0n) is 20.4. The molecular formula is C24H35N3O7. The van der Waals surface area contributed by atoms with Crippen molar-refractivity contribution >= 4 is 23.9 Å². The number of nitrogens with zero attached hydrogens (tertiary/aromatic N) is 2. The first-order chi connectivity index (χ1) is 16.0. The summed E-state index contributed by atoms with van der Waals surface area (Å²) in [7, 11) is 1.60. The van der Waals surface area contributed by atoms with Gasteiger partial charge >= 0.3 is 12.1 Å². The van der Waals surface area contributed by atoms with Gasteiger partial charge in [-0.3, -0.25) is 14.4 Å². The van der Waals surface area contributed by atoms with Crippen molar-refractivity contribution in [3.63, 3.8) is 0 Å². The van der Waals surface area contributed by atoms with Gasteiger partial charge in [0.05, 0.1) is 6.42 Å². The normalized spacial score (nSPS) is 15.9. The predicted molar refractivity (Wildman–Crippen MR) is 123 cm³/mol. The molecule has 0 aromatic heterocycles. The van der Waals surface area contributed by atoms with Gasteiger partial charge in [-0.1, -0.05) is 30.3 Å². The summed E-state index contributed by atoms with van der Waals surface area (Å²) < 4.78 is 10.3. The first kappa shape index (κ1) is 27.1. The topological polar surface area (TPSA) is 114 Å². The molecule has 0 spiro atoms. The summed E-state index contributed by atoms with van der Waals surface area (Å²) in [4.78, 5) is 55.3. The van der Waals surface area contributed by atoms with Gasteiger partial charge in [0, 0.05) is 33.1 Å². The van der Waals surface area contributed by atoms with Crippen molar-refractivity contribution in [2.24, 2.45) is 0 Å². The molecule has 0 radical (unpaired) electrons. The lowest BCUT2D eigenvalue weighted by atomic mass is 10.2. The van der Waals surface area contributed by atoms with E-state index in [1.165, 1.54) is 9.96 Å². The first-order valence-corrected chi connectivity index (χ1v) is 11.4. The van der Waals surface area contributed by atoms with Gasteiger partial charge in [0.15, 0.2) is 0 Å². The molecule has 0 aliphatic carbocycles. The number of carbonyl (C=O) groups excluding carboxylic acids is 4. The summed E-state index contributed by atoms with van der Waals surface area (Å²) in [5, 5.41) is 4.00. The molecule has 1 saturated heterocycles. The maximum absolute atomic E-state index is 12.8. The molecule has 10 nitrogen and oxygen atoms in total. The van der Waals surface area contributed by atoms with Crippen molar-refractivity contribution in [1.29, 1.82) is 0 Å². The van der Waals surface area contributed by atoms with Crippen molar-refractivity contribution in [3.8, 4) is 0 Å². The van der Waals surface area contributed by atoms with E-state index in [9.17, 15) is 19.2 Å². The molecule has 2 rings (SSSR count). The van der Waals surface area contributed by atoms with Crippen LogP contribution in [0.3, 0.4) is 0 Å². The van der Waals surface area contributed by atoms with Crippen LogP contribution in [0.15, 0.2) is 30.3 Å². The molecule has 1 aliphatic rings. The molecule has 1 fully saturated rings. The van der Waals surface area contributed by atoms with E-state index in [0.717, 1.165) is 5.56 Å². The third-order valence-corrected chi connectivity index (χ3v) is 5.01. The zero-order chi connectivity index (χ0) is 25.1. The monoisotopic (exact) mass is 477 g/mol. The SMILES string of the molecule is CN(CCC(=O)NCCC(=O)OCc1ccccc1)C(=O)[C@@H]1CCCN1OC(=O)OC(C)(C)C. The maximum atomic E-state index is 12.8. The summed E-state index contributed by atoms with van der Waals surface area (Å²) in [5.41, 5.74) is 0.198. The van der Waals surface area contributed by atoms with E-state index in [4.69, 9.17) is 14.3 Å². The number of amides is 2. The van der Waals surface area contributed by atoms with E-state index in [1.807, 2.05) is 30.3 Å². The summed E-state index contributed by atoms with van der Waals surface area (Å²) in [6.07, 6.45) is 0.543. The highest BCUT2D eigenvalue weighted by Crippen LogP contribution is 2.21. The van der Waals surface area contributed by atoms with E-state index < -0.39 is 23.8 Å². The maximum Gasteiger partial charge on any atom is 0.528 e. The zero-order valence-corrected chi connectivity index (χ0v) is 20.4. The highest BCUT2D eigenvalue weighted by Gasteiger charge is 2.36. The second-order valence-corrected chi connectivity index (χ2v) is 9.11. The lowest BCUT2D eigenvalue weighted by Gasteiger charge is -2.27. The third-order valence-electron chi connectivity index (χ3n) is 5.01. The molecule has 0 saturated carbocycles. The lowest BCUT2D eigenvalue weighted by molar-refractivity contribution is -0.168. The van der Waals surface area contributed by atoms with E-state index in [-0.39, 0.29) is 44.4 Å². The van der Waals surface area contributed by atoms with Crippen LogP contribution in [0.1, 0.15) is 52.0 Å². The number of nitrogens with one attached hydrogen (secondary N) is 1.